The van der Waals surface area contributed by atoms with Gasteiger partial charge in [0.1, 0.15) is 0 Å². The van der Waals surface area contributed by atoms with Crippen LogP contribution in [0.5, 0.6) is 0 Å². The molecule has 0 nitrogen and oxygen atoms in total. The standard InChI is InChI=1S/C17H36/c1-8-15(4)10-9-12-17(6,7)13-11-16(5)14(2)3/h14-16H,8-13H2,1-7H3. The molecule has 0 bridgehead atoms. The minimum Gasteiger partial charge on any atom is -0.0651 e. The molecule has 0 aliphatic rings. The minimum atomic E-state index is 0.552. The van der Waals surface area contributed by atoms with E-state index in [-0.39, 0.29) is 0 Å². The SMILES string of the molecule is CCC(C)CCCC(C)(C)CCC(C)C(C)C. The quantitative estimate of drug-likeness (QED) is 0.443. The molecule has 0 spiro atoms. The molecule has 0 radical (unpaired) electrons. The lowest BCUT2D eigenvalue weighted by atomic mass is 9.78. The number of rotatable bonds is 9. The minimum absolute atomic E-state index is 0.552. The van der Waals surface area contributed by atoms with Crippen LogP contribution < -0.4 is 0 Å². The van der Waals surface area contributed by atoms with Crippen molar-refractivity contribution in [1.29, 1.82) is 0 Å². The monoisotopic (exact) mass is 240 g/mol. The van der Waals surface area contributed by atoms with E-state index in [4.69, 9.17) is 0 Å². The van der Waals surface area contributed by atoms with Crippen molar-refractivity contribution in [3.05, 3.63) is 0 Å². The zero-order valence-corrected chi connectivity index (χ0v) is 13.5. The van der Waals surface area contributed by atoms with Gasteiger partial charge in [0, 0.05) is 0 Å². The second-order valence-electron chi connectivity index (χ2n) is 7.33. The van der Waals surface area contributed by atoms with Gasteiger partial charge >= 0.3 is 0 Å². The highest BCUT2D eigenvalue weighted by atomic mass is 14.2. The normalized spacial score (nSPS) is 16.2. The Balaban J connectivity index is 3.79. The predicted octanol–water partition coefficient (Wildman–Crippen LogP) is 6.30. The molecule has 0 aromatic rings. The van der Waals surface area contributed by atoms with Gasteiger partial charge < -0.3 is 0 Å². The molecule has 17 heavy (non-hydrogen) atoms. The van der Waals surface area contributed by atoms with Crippen LogP contribution in [0, 0.1) is 23.2 Å². The summed E-state index contributed by atoms with van der Waals surface area (Å²) in [6, 6.07) is 0. The number of hydrogen-bond acceptors (Lipinski definition) is 0. The largest absolute Gasteiger partial charge is 0.0651 e. The highest BCUT2D eigenvalue weighted by Crippen LogP contribution is 2.32. The van der Waals surface area contributed by atoms with E-state index in [1.807, 2.05) is 0 Å². The zero-order valence-electron chi connectivity index (χ0n) is 13.5. The summed E-state index contributed by atoms with van der Waals surface area (Å²) in [5.74, 6) is 2.63. The van der Waals surface area contributed by atoms with Gasteiger partial charge in [0.2, 0.25) is 0 Å². The Kier molecular flexibility index (Phi) is 8.16. The van der Waals surface area contributed by atoms with Gasteiger partial charge in [-0.05, 0) is 42.4 Å². The van der Waals surface area contributed by atoms with Gasteiger partial charge in [-0.25, -0.2) is 0 Å². The van der Waals surface area contributed by atoms with Gasteiger partial charge in [-0.3, -0.25) is 0 Å². The van der Waals surface area contributed by atoms with Gasteiger partial charge in [0.25, 0.3) is 0 Å². The summed E-state index contributed by atoms with van der Waals surface area (Å²) in [7, 11) is 0. The van der Waals surface area contributed by atoms with Crippen LogP contribution in [0.4, 0.5) is 0 Å². The van der Waals surface area contributed by atoms with Crippen molar-refractivity contribution >= 4 is 0 Å². The van der Waals surface area contributed by atoms with Crippen LogP contribution in [0.2, 0.25) is 0 Å². The van der Waals surface area contributed by atoms with Crippen molar-refractivity contribution in [3.63, 3.8) is 0 Å². The summed E-state index contributed by atoms with van der Waals surface area (Å²) in [5.41, 5.74) is 0.552. The Morgan fingerprint density at radius 3 is 1.94 bits per heavy atom. The molecule has 0 rings (SSSR count). The first-order valence-corrected chi connectivity index (χ1v) is 7.78. The van der Waals surface area contributed by atoms with Crippen molar-refractivity contribution in [3.8, 4) is 0 Å². The second-order valence-corrected chi connectivity index (χ2v) is 7.33. The first-order valence-electron chi connectivity index (χ1n) is 7.78. The molecular weight excluding hydrogens is 204 g/mol. The molecule has 0 saturated carbocycles. The van der Waals surface area contributed by atoms with E-state index in [0.29, 0.717) is 5.41 Å². The zero-order chi connectivity index (χ0) is 13.5. The second kappa shape index (κ2) is 8.16. The summed E-state index contributed by atoms with van der Waals surface area (Å²) in [6.45, 7) is 16.7. The van der Waals surface area contributed by atoms with Gasteiger partial charge in [-0.2, -0.15) is 0 Å². The van der Waals surface area contributed by atoms with Gasteiger partial charge in [-0.1, -0.05) is 67.7 Å². The summed E-state index contributed by atoms with van der Waals surface area (Å²) in [6.07, 6.45) is 8.37. The van der Waals surface area contributed by atoms with E-state index < -0.39 is 0 Å². The van der Waals surface area contributed by atoms with Crippen LogP contribution in [0.3, 0.4) is 0 Å². The van der Waals surface area contributed by atoms with E-state index in [1.165, 1.54) is 38.5 Å². The lowest BCUT2D eigenvalue weighted by Gasteiger charge is -2.27. The Morgan fingerprint density at radius 1 is 0.882 bits per heavy atom. The van der Waals surface area contributed by atoms with Gasteiger partial charge in [0.05, 0.1) is 0 Å². The molecule has 104 valence electrons. The average molecular weight is 240 g/mol. The molecule has 2 atom stereocenters. The first kappa shape index (κ1) is 17.0. The molecule has 2 unspecified atom stereocenters. The van der Waals surface area contributed by atoms with Crippen LogP contribution in [-0.2, 0) is 0 Å². The van der Waals surface area contributed by atoms with Crippen LogP contribution in [0.1, 0.15) is 87.0 Å². The lowest BCUT2D eigenvalue weighted by molar-refractivity contribution is 0.244. The van der Waals surface area contributed by atoms with Crippen LogP contribution in [-0.4, -0.2) is 0 Å². The lowest BCUT2D eigenvalue weighted by Crippen LogP contribution is -2.15. The maximum atomic E-state index is 2.46. The molecular formula is C17H36. The molecule has 0 aromatic heterocycles. The molecule has 0 heteroatoms. The summed E-state index contributed by atoms with van der Waals surface area (Å²) in [5, 5.41) is 0. The fraction of sp³-hybridized carbons (Fsp3) is 1.00. The molecule has 0 N–H and O–H groups in total. The van der Waals surface area contributed by atoms with Crippen molar-refractivity contribution in [2.24, 2.45) is 23.2 Å². The van der Waals surface area contributed by atoms with Crippen molar-refractivity contribution in [2.75, 3.05) is 0 Å². The van der Waals surface area contributed by atoms with E-state index in [9.17, 15) is 0 Å². The Hall–Kier alpha value is 0. The Labute approximate surface area is 111 Å². The first-order chi connectivity index (χ1) is 7.78. The van der Waals surface area contributed by atoms with Gasteiger partial charge in [-0.15, -0.1) is 0 Å². The van der Waals surface area contributed by atoms with E-state index in [0.717, 1.165) is 17.8 Å². The molecule has 0 heterocycles. The van der Waals surface area contributed by atoms with Crippen molar-refractivity contribution in [1.82, 2.24) is 0 Å². The summed E-state index contributed by atoms with van der Waals surface area (Å²) >= 11 is 0. The summed E-state index contributed by atoms with van der Waals surface area (Å²) in [4.78, 5) is 0. The van der Waals surface area contributed by atoms with Crippen LogP contribution in [0.15, 0.2) is 0 Å². The molecule has 0 aromatic carbocycles. The fourth-order valence-electron chi connectivity index (χ4n) is 2.21. The Morgan fingerprint density at radius 2 is 1.47 bits per heavy atom. The third-order valence-electron chi connectivity index (χ3n) is 4.66. The van der Waals surface area contributed by atoms with E-state index in [1.54, 1.807) is 0 Å². The topological polar surface area (TPSA) is 0 Å². The van der Waals surface area contributed by atoms with Gasteiger partial charge in [0.15, 0.2) is 0 Å². The molecule has 0 aliphatic carbocycles. The van der Waals surface area contributed by atoms with E-state index in [2.05, 4.69) is 48.5 Å². The summed E-state index contributed by atoms with van der Waals surface area (Å²) < 4.78 is 0. The van der Waals surface area contributed by atoms with Crippen LogP contribution in [0.25, 0.3) is 0 Å². The predicted molar refractivity (Wildman–Crippen MR) is 80.3 cm³/mol. The highest BCUT2D eigenvalue weighted by Gasteiger charge is 2.19. The van der Waals surface area contributed by atoms with Crippen LogP contribution >= 0.6 is 0 Å². The fourth-order valence-corrected chi connectivity index (χ4v) is 2.21. The number of hydrogen-bond donors (Lipinski definition) is 0. The maximum absolute atomic E-state index is 2.46. The average Bonchev–Trinajstić information content (AvgIpc) is 2.25. The molecule has 0 amide bonds. The van der Waals surface area contributed by atoms with E-state index >= 15 is 0 Å². The maximum Gasteiger partial charge on any atom is -0.0354 e. The smallest absolute Gasteiger partial charge is 0.0354 e. The molecule has 0 fully saturated rings. The molecule has 0 aliphatic heterocycles. The highest BCUT2D eigenvalue weighted by molar-refractivity contribution is 4.71. The third-order valence-corrected chi connectivity index (χ3v) is 4.66. The Bertz CT molecular complexity index is 178. The van der Waals surface area contributed by atoms with Crippen molar-refractivity contribution in [2.45, 2.75) is 87.0 Å². The molecule has 0 saturated heterocycles. The third kappa shape index (κ3) is 8.69. The van der Waals surface area contributed by atoms with Crippen molar-refractivity contribution < 1.29 is 0 Å².